The van der Waals surface area contributed by atoms with Crippen molar-refractivity contribution < 1.29 is 19.5 Å². The fourth-order valence-corrected chi connectivity index (χ4v) is 2.67. The largest absolute Gasteiger partial charge is 0.391 e. The van der Waals surface area contributed by atoms with E-state index in [4.69, 9.17) is 9.68 Å². The summed E-state index contributed by atoms with van der Waals surface area (Å²) in [6.07, 6.45) is 2.60. The van der Waals surface area contributed by atoms with Crippen molar-refractivity contribution in [2.45, 2.75) is 13.2 Å². The number of para-hydroxylation sites is 2. The van der Waals surface area contributed by atoms with Crippen molar-refractivity contribution in [3.8, 4) is 0 Å². The Morgan fingerprint density at radius 1 is 0.656 bits per heavy atom. The van der Waals surface area contributed by atoms with Crippen LogP contribution in [0.1, 0.15) is 22.3 Å². The highest BCUT2D eigenvalue weighted by Gasteiger charge is 2.10. The van der Waals surface area contributed by atoms with E-state index in [1.54, 1.807) is 36.4 Å². The minimum Gasteiger partial charge on any atom is -0.391 e. The van der Waals surface area contributed by atoms with Crippen LogP contribution in [0, 0.1) is 20.2 Å². The average Bonchev–Trinajstić information content (AvgIpc) is 2.80. The first-order chi connectivity index (χ1) is 15.5. The fraction of sp³-hybridized carbons (Fsp3) is 0.0909. The molecule has 0 aromatic heterocycles. The molecule has 0 N–H and O–H groups in total. The average molecular weight is 434 g/mol. The lowest BCUT2D eigenvalue weighted by molar-refractivity contribution is -0.385. The van der Waals surface area contributed by atoms with E-state index in [2.05, 4.69) is 10.3 Å². The highest BCUT2D eigenvalue weighted by atomic mass is 16.6. The van der Waals surface area contributed by atoms with Gasteiger partial charge in [-0.05, 0) is 23.3 Å². The number of nitro groups is 2. The molecule has 32 heavy (non-hydrogen) atoms. The Morgan fingerprint density at radius 3 is 1.41 bits per heavy atom. The molecule has 0 saturated carbocycles. The molecule has 0 spiro atoms. The number of rotatable bonds is 10. The van der Waals surface area contributed by atoms with Crippen LogP contribution in [0.3, 0.4) is 0 Å². The Bertz CT molecular complexity index is 1050. The van der Waals surface area contributed by atoms with Crippen molar-refractivity contribution in [3.05, 3.63) is 115 Å². The summed E-state index contributed by atoms with van der Waals surface area (Å²) in [4.78, 5) is 31.4. The van der Waals surface area contributed by atoms with Crippen LogP contribution < -0.4 is 0 Å². The van der Waals surface area contributed by atoms with Gasteiger partial charge in [0.1, 0.15) is 13.2 Å². The normalized spacial score (nSPS) is 11.0. The zero-order valence-electron chi connectivity index (χ0n) is 16.7. The molecule has 0 amide bonds. The second-order valence-electron chi connectivity index (χ2n) is 6.46. The number of nitrogens with zero attached hydrogens (tertiary/aromatic N) is 4. The molecule has 0 unspecified atom stereocenters. The maximum absolute atomic E-state index is 11.0. The second-order valence-corrected chi connectivity index (χ2v) is 6.46. The van der Waals surface area contributed by atoms with Gasteiger partial charge in [-0.2, -0.15) is 0 Å². The first kappa shape index (κ1) is 22.1. The molecular formula is C22H18N4O6. The lowest BCUT2D eigenvalue weighted by Crippen LogP contribution is -1.95. The Hall–Kier alpha value is -4.60. The van der Waals surface area contributed by atoms with Crippen LogP contribution in [0.2, 0.25) is 0 Å². The number of hydrogen-bond donors (Lipinski definition) is 0. The molecule has 0 fully saturated rings. The van der Waals surface area contributed by atoms with Crippen LogP contribution in [0.4, 0.5) is 11.4 Å². The summed E-state index contributed by atoms with van der Waals surface area (Å²) in [6, 6.07) is 19.8. The Labute approximate surface area is 182 Å². The minimum atomic E-state index is -0.479. The van der Waals surface area contributed by atoms with E-state index in [-0.39, 0.29) is 24.6 Å². The van der Waals surface area contributed by atoms with E-state index in [0.29, 0.717) is 11.1 Å². The van der Waals surface area contributed by atoms with Crippen molar-refractivity contribution in [1.82, 2.24) is 0 Å². The van der Waals surface area contributed by atoms with Crippen molar-refractivity contribution >= 4 is 23.8 Å². The molecule has 3 aromatic carbocycles. The standard InChI is InChI=1S/C22H18N4O6/c27-25(28)21-7-3-1-5-19(21)13-23-31-15-17-9-11-18(12-10-17)16-32-24-14-20-6-2-4-8-22(20)26(29)30/h1-14H,15-16H2. The van der Waals surface area contributed by atoms with Gasteiger partial charge in [0.25, 0.3) is 11.4 Å². The Balaban J connectivity index is 1.48. The van der Waals surface area contributed by atoms with Gasteiger partial charge in [-0.25, -0.2) is 0 Å². The van der Waals surface area contributed by atoms with E-state index in [1.807, 2.05) is 24.3 Å². The Morgan fingerprint density at radius 2 is 1.03 bits per heavy atom. The predicted molar refractivity (Wildman–Crippen MR) is 117 cm³/mol. The van der Waals surface area contributed by atoms with Crippen LogP contribution in [0.25, 0.3) is 0 Å². The molecule has 10 heteroatoms. The van der Waals surface area contributed by atoms with Crippen LogP contribution >= 0.6 is 0 Å². The second kappa shape index (κ2) is 11.0. The van der Waals surface area contributed by atoms with Gasteiger partial charge in [-0.15, -0.1) is 0 Å². The molecule has 0 atom stereocenters. The number of benzene rings is 3. The third-order valence-electron chi connectivity index (χ3n) is 4.28. The van der Waals surface area contributed by atoms with Crippen LogP contribution in [-0.4, -0.2) is 22.3 Å². The van der Waals surface area contributed by atoms with E-state index in [1.165, 1.54) is 24.6 Å². The molecule has 162 valence electrons. The van der Waals surface area contributed by atoms with Crippen molar-refractivity contribution in [2.75, 3.05) is 0 Å². The third kappa shape index (κ3) is 6.20. The monoisotopic (exact) mass is 434 g/mol. The molecule has 10 nitrogen and oxygen atoms in total. The molecule has 0 radical (unpaired) electrons. The lowest BCUT2D eigenvalue weighted by Gasteiger charge is -2.03. The molecule has 0 aliphatic rings. The molecule has 0 aliphatic heterocycles. The van der Waals surface area contributed by atoms with Gasteiger partial charge in [-0.1, -0.05) is 58.8 Å². The van der Waals surface area contributed by atoms with Crippen molar-refractivity contribution in [2.24, 2.45) is 10.3 Å². The number of oxime groups is 2. The quantitative estimate of drug-likeness (QED) is 0.260. The summed E-state index contributed by atoms with van der Waals surface area (Å²) < 4.78 is 0. The minimum absolute atomic E-state index is 0.0475. The molecule has 0 aliphatic carbocycles. The van der Waals surface area contributed by atoms with Crippen molar-refractivity contribution in [1.29, 1.82) is 0 Å². The number of hydrogen-bond acceptors (Lipinski definition) is 8. The van der Waals surface area contributed by atoms with Crippen LogP contribution in [0.15, 0.2) is 83.1 Å². The maximum atomic E-state index is 11.0. The maximum Gasteiger partial charge on any atom is 0.278 e. The highest BCUT2D eigenvalue weighted by molar-refractivity contribution is 5.85. The van der Waals surface area contributed by atoms with Gasteiger partial charge in [-0.3, -0.25) is 20.2 Å². The summed E-state index contributed by atoms with van der Waals surface area (Å²) in [6.45, 7) is 0.377. The van der Waals surface area contributed by atoms with E-state index in [9.17, 15) is 20.2 Å². The summed E-state index contributed by atoms with van der Waals surface area (Å²) in [5, 5.41) is 29.5. The van der Waals surface area contributed by atoms with Crippen LogP contribution in [0.5, 0.6) is 0 Å². The SMILES string of the molecule is O=[N+]([O-])c1ccccc1C=NOCc1ccc(CON=Cc2ccccc2[N+](=O)[O-])cc1. The summed E-state index contributed by atoms with van der Waals surface area (Å²) in [5.41, 5.74) is 2.30. The van der Waals surface area contributed by atoms with Gasteiger partial charge in [0.05, 0.1) is 33.4 Å². The zero-order chi connectivity index (χ0) is 22.8. The molecule has 0 heterocycles. The van der Waals surface area contributed by atoms with E-state index in [0.717, 1.165) is 11.1 Å². The summed E-state index contributed by atoms with van der Waals surface area (Å²) in [7, 11) is 0. The molecular weight excluding hydrogens is 416 g/mol. The number of nitro benzene ring substituents is 2. The first-order valence-electron chi connectivity index (χ1n) is 9.40. The molecule has 3 rings (SSSR count). The Kier molecular flexibility index (Phi) is 7.58. The summed E-state index contributed by atoms with van der Waals surface area (Å²) >= 11 is 0. The van der Waals surface area contributed by atoms with Crippen LogP contribution in [-0.2, 0) is 22.9 Å². The lowest BCUT2D eigenvalue weighted by atomic mass is 10.1. The fourth-order valence-electron chi connectivity index (χ4n) is 2.67. The highest BCUT2D eigenvalue weighted by Crippen LogP contribution is 2.16. The molecule has 0 saturated heterocycles. The van der Waals surface area contributed by atoms with Gasteiger partial charge in [0.15, 0.2) is 0 Å². The first-order valence-corrected chi connectivity index (χ1v) is 9.40. The molecule has 3 aromatic rings. The zero-order valence-corrected chi connectivity index (χ0v) is 16.7. The topological polar surface area (TPSA) is 129 Å². The third-order valence-corrected chi connectivity index (χ3v) is 4.28. The van der Waals surface area contributed by atoms with Gasteiger partial charge < -0.3 is 9.68 Å². The van der Waals surface area contributed by atoms with Gasteiger partial charge >= 0.3 is 0 Å². The van der Waals surface area contributed by atoms with E-state index >= 15 is 0 Å². The van der Waals surface area contributed by atoms with E-state index < -0.39 is 9.85 Å². The van der Waals surface area contributed by atoms with Gasteiger partial charge in [0, 0.05) is 12.1 Å². The molecule has 0 bridgehead atoms. The smallest absolute Gasteiger partial charge is 0.278 e. The summed E-state index contributed by atoms with van der Waals surface area (Å²) in [5.74, 6) is 0. The van der Waals surface area contributed by atoms with Gasteiger partial charge in [0.2, 0.25) is 0 Å². The van der Waals surface area contributed by atoms with Crippen molar-refractivity contribution in [3.63, 3.8) is 0 Å². The predicted octanol–water partition coefficient (Wildman–Crippen LogP) is 4.60.